The average Bonchev–Trinajstić information content (AvgIpc) is 2.42. The van der Waals surface area contributed by atoms with Crippen LogP contribution in [0.25, 0.3) is 0 Å². The van der Waals surface area contributed by atoms with E-state index in [0.717, 1.165) is 25.9 Å². The number of hydrogen-bond acceptors (Lipinski definition) is 5. The fourth-order valence-corrected chi connectivity index (χ4v) is 2.58. The number of thiocarbonyl (C=S) groups is 1. The fraction of sp³-hybridized carbons (Fsp3) is 0.615. The topological polar surface area (TPSA) is 67.1 Å². The van der Waals surface area contributed by atoms with Crippen molar-refractivity contribution in [3.05, 3.63) is 18.1 Å². The minimum absolute atomic E-state index is 0.291. The highest BCUT2D eigenvalue weighted by atomic mass is 32.1. The van der Waals surface area contributed by atoms with E-state index in [4.69, 9.17) is 18.0 Å². The van der Waals surface area contributed by atoms with Crippen molar-refractivity contribution in [2.24, 2.45) is 5.73 Å². The van der Waals surface area contributed by atoms with E-state index in [0.29, 0.717) is 22.5 Å². The molecule has 0 amide bonds. The molecule has 0 aliphatic carbocycles. The van der Waals surface area contributed by atoms with Crippen molar-refractivity contribution in [2.45, 2.75) is 32.2 Å². The van der Waals surface area contributed by atoms with Gasteiger partial charge in [-0.1, -0.05) is 19.1 Å². The number of rotatable bonds is 5. The summed E-state index contributed by atoms with van der Waals surface area (Å²) in [5, 5.41) is 3.43. The predicted octanol–water partition coefficient (Wildman–Crippen LogP) is 1.40. The van der Waals surface area contributed by atoms with E-state index in [9.17, 15) is 0 Å². The van der Waals surface area contributed by atoms with Gasteiger partial charge in [-0.2, -0.15) is 0 Å². The van der Waals surface area contributed by atoms with Gasteiger partial charge in [0, 0.05) is 31.5 Å². The van der Waals surface area contributed by atoms with Crippen LogP contribution < -0.4 is 11.1 Å². The normalized spacial score (nSPS) is 17.3. The van der Waals surface area contributed by atoms with Gasteiger partial charge in [-0.05, 0) is 25.8 Å². The Morgan fingerprint density at radius 3 is 2.74 bits per heavy atom. The molecule has 3 N–H and O–H groups in total. The van der Waals surface area contributed by atoms with Gasteiger partial charge < -0.3 is 16.0 Å². The third-order valence-corrected chi connectivity index (χ3v) is 3.59. The van der Waals surface area contributed by atoms with Crippen molar-refractivity contribution in [1.82, 2.24) is 14.9 Å². The van der Waals surface area contributed by atoms with Gasteiger partial charge in [0.25, 0.3) is 0 Å². The lowest BCUT2D eigenvalue weighted by molar-refractivity contribution is 0.219. The molecule has 2 heterocycles. The van der Waals surface area contributed by atoms with Gasteiger partial charge in [0.05, 0.1) is 0 Å². The predicted molar refractivity (Wildman–Crippen MR) is 81.3 cm³/mol. The molecule has 6 heteroatoms. The maximum Gasteiger partial charge on any atom is 0.155 e. The van der Waals surface area contributed by atoms with Gasteiger partial charge in [-0.15, -0.1) is 0 Å². The smallest absolute Gasteiger partial charge is 0.155 e. The Balaban J connectivity index is 1.94. The van der Waals surface area contributed by atoms with Crippen LogP contribution >= 0.6 is 12.2 Å². The molecule has 2 rings (SSSR count). The summed E-state index contributed by atoms with van der Waals surface area (Å²) in [7, 11) is 0. The largest absolute Gasteiger partial charge is 0.388 e. The minimum atomic E-state index is 0.291. The molecule has 0 radical (unpaired) electrons. The number of nitrogens with two attached hydrogens (primary N) is 1. The molecule has 0 spiro atoms. The van der Waals surface area contributed by atoms with Gasteiger partial charge in [0.15, 0.2) is 5.82 Å². The van der Waals surface area contributed by atoms with Crippen molar-refractivity contribution in [2.75, 3.05) is 25.0 Å². The average molecular weight is 279 g/mol. The van der Waals surface area contributed by atoms with Crippen molar-refractivity contribution in [3.8, 4) is 0 Å². The molecule has 1 aliphatic rings. The van der Waals surface area contributed by atoms with Crippen LogP contribution in [-0.4, -0.2) is 45.5 Å². The fourth-order valence-electron chi connectivity index (χ4n) is 2.43. The van der Waals surface area contributed by atoms with Crippen molar-refractivity contribution in [3.63, 3.8) is 0 Å². The molecule has 0 aromatic carbocycles. The highest BCUT2D eigenvalue weighted by molar-refractivity contribution is 7.80. The van der Waals surface area contributed by atoms with E-state index in [1.54, 1.807) is 12.4 Å². The Morgan fingerprint density at radius 2 is 2.11 bits per heavy atom. The lowest BCUT2D eigenvalue weighted by Crippen LogP contribution is -2.39. The molecule has 1 aliphatic heterocycles. The molecule has 0 bridgehead atoms. The first-order chi connectivity index (χ1) is 9.20. The minimum Gasteiger partial charge on any atom is -0.388 e. The van der Waals surface area contributed by atoms with Crippen molar-refractivity contribution in [1.29, 1.82) is 0 Å². The first kappa shape index (κ1) is 14.1. The highest BCUT2D eigenvalue weighted by Crippen LogP contribution is 2.17. The van der Waals surface area contributed by atoms with Crippen molar-refractivity contribution < 1.29 is 0 Å². The second kappa shape index (κ2) is 6.77. The molecule has 19 heavy (non-hydrogen) atoms. The summed E-state index contributed by atoms with van der Waals surface area (Å²) in [6, 6.07) is 0.429. The summed E-state index contributed by atoms with van der Waals surface area (Å²) in [5.41, 5.74) is 6.25. The molecular weight excluding hydrogens is 258 g/mol. The lowest BCUT2D eigenvalue weighted by atomic mass is 10.0. The van der Waals surface area contributed by atoms with Gasteiger partial charge >= 0.3 is 0 Å². The molecule has 0 unspecified atom stereocenters. The maximum absolute atomic E-state index is 5.66. The Bertz CT molecular complexity index is 429. The molecule has 1 saturated heterocycles. The molecule has 1 aromatic heterocycles. The third kappa shape index (κ3) is 3.84. The standard InChI is InChI=1S/C13H21N5S/c1-2-7-18-8-3-10(4-9-18)17-13-11(12(14)19)15-5-6-16-13/h5-6,10H,2-4,7-9H2,1H3,(H2,14,19)(H,16,17). The van der Waals surface area contributed by atoms with Crippen molar-refractivity contribution >= 4 is 23.0 Å². The van der Waals surface area contributed by atoms with E-state index >= 15 is 0 Å². The second-order valence-electron chi connectivity index (χ2n) is 4.88. The maximum atomic E-state index is 5.66. The Morgan fingerprint density at radius 1 is 1.42 bits per heavy atom. The van der Waals surface area contributed by atoms with Crippen LogP contribution in [0.2, 0.25) is 0 Å². The Hall–Kier alpha value is -1.27. The first-order valence-electron chi connectivity index (χ1n) is 6.80. The summed E-state index contributed by atoms with van der Waals surface area (Å²) in [5.74, 6) is 0.712. The number of nitrogens with zero attached hydrogens (tertiary/aromatic N) is 3. The SMILES string of the molecule is CCCN1CCC(Nc2nccnc2C(N)=S)CC1. The number of piperidine rings is 1. The number of hydrogen-bond donors (Lipinski definition) is 2. The van der Waals surface area contributed by atoms with E-state index in [1.165, 1.54) is 13.0 Å². The van der Waals surface area contributed by atoms with Crippen LogP contribution in [0, 0.1) is 0 Å². The molecule has 5 nitrogen and oxygen atoms in total. The van der Waals surface area contributed by atoms with Crippen LogP contribution in [-0.2, 0) is 0 Å². The third-order valence-electron chi connectivity index (χ3n) is 3.40. The number of aromatic nitrogens is 2. The Kier molecular flexibility index (Phi) is 5.04. The van der Waals surface area contributed by atoms with Crippen LogP contribution in [0.1, 0.15) is 31.9 Å². The van der Waals surface area contributed by atoms with Gasteiger partial charge in [0.1, 0.15) is 10.7 Å². The number of anilines is 1. The van der Waals surface area contributed by atoms with Gasteiger partial charge in [0.2, 0.25) is 0 Å². The number of nitrogens with one attached hydrogen (secondary N) is 1. The van der Waals surface area contributed by atoms with Crippen LogP contribution in [0.5, 0.6) is 0 Å². The summed E-state index contributed by atoms with van der Waals surface area (Å²) in [6.07, 6.45) is 6.73. The lowest BCUT2D eigenvalue weighted by Gasteiger charge is -2.32. The first-order valence-corrected chi connectivity index (χ1v) is 7.21. The molecule has 0 saturated carbocycles. The summed E-state index contributed by atoms with van der Waals surface area (Å²) in [4.78, 5) is 11.3. The van der Waals surface area contributed by atoms with E-state index in [1.807, 2.05) is 0 Å². The zero-order valence-electron chi connectivity index (χ0n) is 11.3. The molecule has 0 atom stereocenters. The summed E-state index contributed by atoms with van der Waals surface area (Å²) >= 11 is 5.00. The zero-order chi connectivity index (χ0) is 13.7. The van der Waals surface area contributed by atoms with Gasteiger partial charge in [-0.25, -0.2) is 9.97 Å². The molecule has 1 fully saturated rings. The molecule has 104 valence electrons. The van der Waals surface area contributed by atoms with Crippen LogP contribution in [0.3, 0.4) is 0 Å². The monoisotopic (exact) mass is 279 g/mol. The quantitative estimate of drug-likeness (QED) is 0.794. The van der Waals surface area contributed by atoms with E-state index in [-0.39, 0.29) is 0 Å². The van der Waals surface area contributed by atoms with E-state index in [2.05, 4.69) is 27.1 Å². The van der Waals surface area contributed by atoms with E-state index < -0.39 is 0 Å². The summed E-state index contributed by atoms with van der Waals surface area (Å²) in [6.45, 7) is 5.68. The molecular formula is C13H21N5S. The second-order valence-corrected chi connectivity index (χ2v) is 5.32. The van der Waals surface area contributed by atoms with Gasteiger partial charge in [-0.3, -0.25) is 0 Å². The molecule has 1 aromatic rings. The summed E-state index contributed by atoms with van der Waals surface area (Å²) < 4.78 is 0. The Labute approximate surface area is 119 Å². The number of likely N-dealkylation sites (tertiary alicyclic amines) is 1. The highest BCUT2D eigenvalue weighted by Gasteiger charge is 2.20. The van der Waals surface area contributed by atoms with Crippen LogP contribution in [0.15, 0.2) is 12.4 Å². The van der Waals surface area contributed by atoms with Crippen LogP contribution in [0.4, 0.5) is 5.82 Å². The zero-order valence-corrected chi connectivity index (χ0v) is 12.1.